The SMILES string of the molecule is c1ccc(N2CCOCC2CCCCN2CCOCC2)cc1. The van der Waals surface area contributed by atoms with Crippen LogP contribution in [-0.4, -0.2) is 63.5 Å². The Morgan fingerprint density at radius 3 is 2.50 bits per heavy atom. The standard InChI is InChI=1S/C18H28N2O2/c1-2-6-17(7-3-1)20-12-15-22-16-18(20)8-4-5-9-19-10-13-21-14-11-19/h1-3,6-7,18H,4-5,8-16H2. The second-order valence-electron chi connectivity index (χ2n) is 6.21. The van der Waals surface area contributed by atoms with Gasteiger partial charge in [0.1, 0.15) is 0 Å². The van der Waals surface area contributed by atoms with Crippen molar-refractivity contribution >= 4 is 5.69 Å². The first-order chi connectivity index (χ1) is 10.9. The summed E-state index contributed by atoms with van der Waals surface area (Å²) in [5.74, 6) is 0. The highest BCUT2D eigenvalue weighted by Gasteiger charge is 2.22. The summed E-state index contributed by atoms with van der Waals surface area (Å²) in [5, 5.41) is 0. The predicted molar refractivity (Wildman–Crippen MR) is 89.5 cm³/mol. The van der Waals surface area contributed by atoms with Crippen LogP contribution in [0.3, 0.4) is 0 Å². The number of anilines is 1. The highest BCUT2D eigenvalue weighted by Crippen LogP contribution is 2.22. The predicted octanol–water partition coefficient (Wildman–Crippen LogP) is 2.39. The Kier molecular flexibility index (Phi) is 6.11. The molecule has 2 aliphatic rings. The Hall–Kier alpha value is -1.10. The number of para-hydroxylation sites is 1. The van der Waals surface area contributed by atoms with E-state index < -0.39 is 0 Å². The third-order valence-corrected chi connectivity index (χ3v) is 4.68. The van der Waals surface area contributed by atoms with E-state index in [0.717, 1.165) is 46.1 Å². The first-order valence-corrected chi connectivity index (χ1v) is 8.63. The van der Waals surface area contributed by atoms with E-state index in [1.165, 1.54) is 31.5 Å². The molecule has 2 heterocycles. The van der Waals surface area contributed by atoms with E-state index in [0.29, 0.717) is 6.04 Å². The van der Waals surface area contributed by atoms with Crippen LogP contribution in [0.1, 0.15) is 19.3 Å². The van der Waals surface area contributed by atoms with Crippen molar-refractivity contribution in [2.24, 2.45) is 0 Å². The summed E-state index contributed by atoms with van der Waals surface area (Å²) in [6, 6.07) is 11.3. The molecule has 0 amide bonds. The van der Waals surface area contributed by atoms with Crippen LogP contribution in [0.2, 0.25) is 0 Å². The maximum absolute atomic E-state index is 5.71. The Morgan fingerprint density at radius 1 is 0.909 bits per heavy atom. The molecule has 0 spiro atoms. The van der Waals surface area contributed by atoms with Crippen molar-refractivity contribution in [2.75, 3.05) is 57.5 Å². The van der Waals surface area contributed by atoms with Crippen LogP contribution in [-0.2, 0) is 9.47 Å². The van der Waals surface area contributed by atoms with Crippen molar-refractivity contribution in [2.45, 2.75) is 25.3 Å². The van der Waals surface area contributed by atoms with Crippen LogP contribution < -0.4 is 4.90 Å². The Labute approximate surface area is 134 Å². The highest BCUT2D eigenvalue weighted by atomic mass is 16.5. The molecule has 1 atom stereocenters. The van der Waals surface area contributed by atoms with Crippen molar-refractivity contribution in [1.82, 2.24) is 4.90 Å². The number of unbranched alkanes of at least 4 members (excludes halogenated alkanes) is 1. The molecule has 4 nitrogen and oxygen atoms in total. The lowest BCUT2D eigenvalue weighted by molar-refractivity contribution is 0.0367. The maximum Gasteiger partial charge on any atom is 0.0670 e. The van der Waals surface area contributed by atoms with Crippen LogP contribution in [0, 0.1) is 0 Å². The average molecular weight is 304 g/mol. The summed E-state index contributed by atoms with van der Waals surface area (Å²) in [6.07, 6.45) is 3.77. The smallest absolute Gasteiger partial charge is 0.0670 e. The molecule has 0 N–H and O–H groups in total. The normalized spacial score (nSPS) is 23.6. The van der Waals surface area contributed by atoms with Crippen LogP contribution in [0.25, 0.3) is 0 Å². The fraction of sp³-hybridized carbons (Fsp3) is 0.667. The molecule has 1 unspecified atom stereocenters. The molecular weight excluding hydrogens is 276 g/mol. The third-order valence-electron chi connectivity index (χ3n) is 4.68. The Bertz CT molecular complexity index is 420. The fourth-order valence-corrected chi connectivity index (χ4v) is 3.39. The zero-order chi connectivity index (χ0) is 15.0. The lowest BCUT2D eigenvalue weighted by Gasteiger charge is -2.37. The number of morpholine rings is 2. The Balaban J connectivity index is 1.43. The largest absolute Gasteiger partial charge is 0.379 e. The lowest BCUT2D eigenvalue weighted by atomic mass is 10.1. The van der Waals surface area contributed by atoms with Crippen LogP contribution >= 0.6 is 0 Å². The molecule has 0 aliphatic carbocycles. The number of hydrogen-bond acceptors (Lipinski definition) is 4. The van der Waals surface area contributed by atoms with Gasteiger partial charge in [-0.2, -0.15) is 0 Å². The third kappa shape index (κ3) is 4.45. The first-order valence-electron chi connectivity index (χ1n) is 8.63. The number of hydrogen-bond donors (Lipinski definition) is 0. The van der Waals surface area contributed by atoms with Gasteiger partial charge in [0.25, 0.3) is 0 Å². The van der Waals surface area contributed by atoms with E-state index in [1.807, 2.05) is 0 Å². The lowest BCUT2D eigenvalue weighted by Crippen LogP contribution is -2.45. The summed E-state index contributed by atoms with van der Waals surface area (Å²) < 4.78 is 11.1. The fourth-order valence-electron chi connectivity index (χ4n) is 3.39. The highest BCUT2D eigenvalue weighted by molar-refractivity contribution is 5.47. The second-order valence-corrected chi connectivity index (χ2v) is 6.21. The second kappa shape index (κ2) is 8.51. The first kappa shape index (κ1) is 15.8. The van der Waals surface area contributed by atoms with Crippen LogP contribution in [0.4, 0.5) is 5.69 Å². The minimum absolute atomic E-state index is 0.529. The van der Waals surface area contributed by atoms with Gasteiger partial charge in [0, 0.05) is 25.3 Å². The van der Waals surface area contributed by atoms with E-state index in [2.05, 4.69) is 40.1 Å². The van der Waals surface area contributed by atoms with Gasteiger partial charge in [0.15, 0.2) is 0 Å². The van der Waals surface area contributed by atoms with Crippen molar-refractivity contribution in [1.29, 1.82) is 0 Å². The van der Waals surface area contributed by atoms with Gasteiger partial charge in [-0.05, 0) is 31.5 Å². The number of rotatable bonds is 6. The zero-order valence-electron chi connectivity index (χ0n) is 13.5. The zero-order valence-corrected chi connectivity index (χ0v) is 13.5. The summed E-state index contributed by atoms with van der Waals surface area (Å²) in [5.41, 5.74) is 1.34. The summed E-state index contributed by atoms with van der Waals surface area (Å²) in [7, 11) is 0. The van der Waals surface area contributed by atoms with Crippen LogP contribution in [0.15, 0.2) is 30.3 Å². The van der Waals surface area contributed by atoms with Gasteiger partial charge in [-0.15, -0.1) is 0 Å². The molecular formula is C18H28N2O2. The van der Waals surface area contributed by atoms with Crippen molar-refractivity contribution in [3.63, 3.8) is 0 Å². The topological polar surface area (TPSA) is 24.9 Å². The molecule has 1 aromatic rings. The van der Waals surface area contributed by atoms with Gasteiger partial charge in [0.2, 0.25) is 0 Å². The van der Waals surface area contributed by atoms with Crippen molar-refractivity contribution in [3.8, 4) is 0 Å². The van der Waals surface area contributed by atoms with Gasteiger partial charge in [-0.1, -0.05) is 24.6 Å². The van der Waals surface area contributed by atoms with Gasteiger partial charge in [-0.25, -0.2) is 0 Å². The molecule has 2 fully saturated rings. The molecule has 0 bridgehead atoms. The Morgan fingerprint density at radius 2 is 1.68 bits per heavy atom. The molecule has 0 radical (unpaired) electrons. The van der Waals surface area contributed by atoms with Gasteiger partial charge in [0.05, 0.1) is 32.5 Å². The molecule has 0 aromatic heterocycles. The summed E-state index contributed by atoms with van der Waals surface area (Å²) >= 11 is 0. The van der Waals surface area contributed by atoms with E-state index in [1.54, 1.807) is 0 Å². The molecule has 3 rings (SSSR count). The van der Waals surface area contributed by atoms with Gasteiger partial charge >= 0.3 is 0 Å². The van der Waals surface area contributed by atoms with E-state index in [9.17, 15) is 0 Å². The van der Waals surface area contributed by atoms with E-state index >= 15 is 0 Å². The monoisotopic (exact) mass is 304 g/mol. The molecule has 2 aliphatic heterocycles. The quantitative estimate of drug-likeness (QED) is 0.754. The average Bonchev–Trinajstić information content (AvgIpc) is 2.61. The maximum atomic E-state index is 5.71. The minimum atomic E-state index is 0.529. The molecule has 122 valence electrons. The molecule has 0 saturated carbocycles. The number of benzene rings is 1. The number of ether oxygens (including phenoxy) is 2. The minimum Gasteiger partial charge on any atom is -0.379 e. The molecule has 1 aromatic carbocycles. The van der Waals surface area contributed by atoms with Crippen LogP contribution in [0.5, 0.6) is 0 Å². The summed E-state index contributed by atoms with van der Waals surface area (Å²) in [6.45, 7) is 7.94. The molecule has 22 heavy (non-hydrogen) atoms. The molecule has 4 heteroatoms. The van der Waals surface area contributed by atoms with E-state index in [-0.39, 0.29) is 0 Å². The number of nitrogens with zero attached hydrogens (tertiary/aromatic N) is 2. The summed E-state index contributed by atoms with van der Waals surface area (Å²) in [4.78, 5) is 5.05. The van der Waals surface area contributed by atoms with Crippen molar-refractivity contribution in [3.05, 3.63) is 30.3 Å². The van der Waals surface area contributed by atoms with E-state index in [4.69, 9.17) is 9.47 Å². The van der Waals surface area contributed by atoms with Gasteiger partial charge in [-0.3, -0.25) is 4.90 Å². The molecule has 2 saturated heterocycles. The van der Waals surface area contributed by atoms with Crippen molar-refractivity contribution < 1.29 is 9.47 Å². The van der Waals surface area contributed by atoms with Gasteiger partial charge < -0.3 is 14.4 Å².